The number of rotatable bonds is 6. The molecule has 148 valence electrons. The predicted molar refractivity (Wildman–Crippen MR) is 104 cm³/mol. The quantitative estimate of drug-likeness (QED) is 0.718. The molecule has 2 aromatic rings. The average molecular weight is 425 g/mol. The Morgan fingerprint density at radius 1 is 1.39 bits per heavy atom. The number of amides is 1. The van der Waals surface area contributed by atoms with Gasteiger partial charge in [0.1, 0.15) is 0 Å². The van der Waals surface area contributed by atoms with Crippen LogP contribution in [0.15, 0.2) is 23.6 Å². The van der Waals surface area contributed by atoms with Gasteiger partial charge in [-0.3, -0.25) is 9.69 Å². The summed E-state index contributed by atoms with van der Waals surface area (Å²) in [6, 6.07) is 3.15. The van der Waals surface area contributed by atoms with Gasteiger partial charge >= 0.3 is 0 Å². The maximum atomic E-state index is 13.4. The van der Waals surface area contributed by atoms with Gasteiger partial charge in [0.15, 0.2) is 26.6 Å². The SMILES string of the molecule is C#CCN(CC(=O)Nc1nc(-c2ccc(F)c(F)c2)cs1)C1CCS(=O)(=O)C1. The van der Waals surface area contributed by atoms with Crippen LogP contribution in [-0.4, -0.2) is 54.8 Å². The van der Waals surface area contributed by atoms with E-state index < -0.39 is 21.5 Å². The number of nitrogens with one attached hydrogen (secondary N) is 1. The van der Waals surface area contributed by atoms with Crippen LogP contribution in [0.4, 0.5) is 13.9 Å². The Hall–Kier alpha value is -2.35. The summed E-state index contributed by atoms with van der Waals surface area (Å²) in [5.74, 6) is 0.210. The van der Waals surface area contributed by atoms with E-state index in [0.29, 0.717) is 22.8 Å². The molecule has 0 aliphatic carbocycles. The summed E-state index contributed by atoms with van der Waals surface area (Å²) in [4.78, 5) is 18.2. The fourth-order valence-corrected chi connectivity index (χ4v) is 5.45. The summed E-state index contributed by atoms with van der Waals surface area (Å²) in [5, 5.41) is 4.54. The minimum atomic E-state index is -3.10. The molecule has 28 heavy (non-hydrogen) atoms. The van der Waals surface area contributed by atoms with Crippen LogP contribution in [0.1, 0.15) is 6.42 Å². The van der Waals surface area contributed by atoms with Gasteiger partial charge in [-0.05, 0) is 24.6 Å². The largest absolute Gasteiger partial charge is 0.301 e. The highest BCUT2D eigenvalue weighted by Crippen LogP contribution is 2.26. The smallest absolute Gasteiger partial charge is 0.240 e. The monoisotopic (exact) mass is 425 g/mol. The summed E-state index contributed by atoms with van der Waals surface area (Å²) in [6.07, 6.45) is 5.78. The Balaban J connectivity index is 1.65. The molecule has 1 aliphatic heterocycles. The number of halogens is 2. The van der Waals surface area contributed by atoms with Crippen molar-refractivity contribution in [3.05, 3.63) is 35.2 Å². The highest BCUT2D eigenvalue weighted by atomic mass is 32.2. The number of benzene rings is 1. The topological polar surface area (TPSA) is 79.4 Å². The number of nitrogens with zero attached hydrogens (tertiary/aromatic N) is 2. The minimum Gasteiger partial charge on any atom is -0.301 e. The predicted octanol–water partition coefficient (Wildman–Crippen LogP) is 2.15. The molecule has 1 saturated heterocycles. The molecule has 1 atom stereocenters. The first-order valence-corrected chi connectivity index (χ1v) is 11.1. The second-order valence-electron chi connectivity index (χ2n) is 6.38. The van der Waals surface area contributed by atoms with Crippen LogP contribution in [0, 0.1) is 24.0 Å². The molecular weight excluding hydrogens is 408 g/mol. The van der Waals surface area contributed by atoms with Gasteiger partial charge in [0, 0.05) is 17.0 Å². The van der Waals surface area contributed by atoms with E-state index in [1.165, 1.54) is 6.07 Å². The third-order valence-electron chi connectivity index (χ3n) is 4.33. The molecule has 1 fully saturated rings. The van der Waals surface area contributed by atoms with E-state index >= 15 is 0 Å². The van der Waals surface area contributed by atoms with Crippen molar-refractivity contribution < 1.29 is 22.0 Å². The fourth-order valence-electron chi connectivity index (χ4n) is 2.96. The molecule has 6 nitrogen and oxygen atoms in total. The first-order chi connectivity index (χ1) is 13.3. The van der Waals surface area contributed by atoms with E-state index in [1.807, 2.05) is 0 Å². The van der Waals surface area contributed by atoms with Gasteiger partial charge in [0.05, 0.1) is 30.3 Å². The van der Waals surface area contributed by atoms with Crippen molar-refractivity contribution in [1.82, 2.24) is 9.88 Å². The standard InChI is InChI=1S/C18H17F2N3O3S2/c1-2-6-23(13-5-7-28(25,26)11-13)9-17(24)22-18-21-16(10-27-18)12-3-4-14(19)15(20)8-12/h1,3-4,8,10,13H,5-7,9,11H2,(H,21,22,24). The van der Waals surface area contributed by atoms with Gasteiger partial charge in [0.25, 0.3) is 0 Å². The van der Waals surface area contributed by atoms with Crippen LogP contribution < -0.4 is 5.32 Å². The molecule has 0 spiro atoms. The maximum absolute atomic E-state index is 13.4. The van der Waals surface area contributed by atoms with Crippen LogP contribution in [0.5, 0.6) is 0 Å². The van der Waals surface area contributed by atoms with Crippen LogP contribution in [0.2, 0.25) is 0 Å². The number of carbonyl (C=O) groups is 1. The Morgan fingerprint density at radius 2 is 2.18 bits per heavy atom. The van der Waals surface area contributed by atoms with Crippen molar-refractivity contribution in [1.29, 1.82) is 0 Å². The zero-order valence-corrected chi connectivity index (χ0v) is 16.3. The summed E-state index contributed by atoms with van der Waals surface area (Å²) >= 11 is 1.14. The van der Waals surface area contributed by atoms with Crippen molar-refractivity contribution in [3.8, 4) is 23.6 Å². The van der Waals surface area contributed by atoms with Crippen LogP contribution >= 0.6 is 11.3 Å². The number of sulfone groups is 1. The molecule has 1 aromatic heterocycles. The molecule has 0 saturated carbocycles. The molecule has 2 heterocycles. The Kier molecular flexibility index (Phi) is 6.07. The van der Waals surface area contributed by atoms with E-state index in [-0.39, 0.29) is 36.5 Å². The fraction of sp³-hybridized carbons (Fsp3) is 0.333. The summed E-state index contributed by atoms with van der Waals surface area (Å²) in [7, 11) is -3.10. The highest BCUT2D eigenvalue weighted by Gasteiger charge is 2.32. The van der Waals surface area contributed by atoms with E-state index in [4.69, 9.17) is 6.42 Å². The number of anilines is 1. The lowest BCUT2D eigenvalue weighted by Gasteiger charge is -2.24. The second-order valence-corrected chi connectivity index (χ2v) is 9.47. The Labute approximate surface area is 165 Å². The normalized spacial score (nSPS) is 18.1. The number of aromatic nitrogens is 1. The molecule has 1 amide bonds. The first kappa shape index (κ1) is 20.4. The number of carbonyl (C=O) groups excluding carboxylic acids is 1. The van der Waals surface area contributed by atoms with E-state index in [2.05, 4.69) is 16.2 Å². The van der Waals surface area contributed by atoms with Gasteiger partial charge in [-0.2, -0.15) is 0 Å². The van der Waals surface area contributed by atoms with Crippen LogP contribution in [0.25, 0.3) is 11.3 Å². The first-order valence-electron chi connectivity index (χ1n) is 8.36. The molecule has 1 aromatic carbocycles. The molecule has 0 radical (unpaired) electrons. The van der Waals surface area contributed by atoms with Gasteiger partial charge < -0.3 is 5.32 Å². The molecular formula is C18H17F2N3O3S2. The van der Waals surface area contributed by atoms with Crippen molar-refractivity contribution in [2.45, 2.75) is 12.5 Å². The van der Waals surface area contributed by atoms with Gasteiger partial charge in [0.2, 0.25) is 5.91 Å². The van der Waals surface area contributed by atoms with Crippen molar-refractivity contribution in [2.75, 3.05) is 29.9 Å². The Morgan fingerprint density at radius 3 is 2.82 bits per heavy atom. The van der Waals surface area contributed by atoms with Crippen LogP contribution in [-0.2, 0) is 14.6 Å². The highest BCUT2D eigenvalue weighted by molar-refractivity contribution is 7.91. The molecule has 1 N–H and O–H groups in total. The molecule has 1 aliphatic rings. The average Bonchev–Trinajstić information content (AvgIpc) is 3.23. The maximum Gasteiger partial charge on any atom is 0.240 e. The number of hydrogen-bond acceptors (Lipinski definition) is 6. The molecule has 10 heteroatoms. The van der Waals surface area contributed by atoms with Crippen LogP contribution in [0.3, 0.4) is 0 Å². The zero-order chi connectivity index (χ0) is 20.3. The second kappa shape index (κ2) is 8.34. The summed E-state index contributed by atoms with van der Waals surface area (Å²) < 4.78 is 49.8. The lowest BCUT2D eigenvalue weighted by atomic mass is 10.2. The summed E-state index contributed by atoms with van der Waals surface area (Å²) in [6.45, 7) is 0.0933. The summed E-state index contributed by atoms with van der Waals surface area (Å²) in [5.41, 5.74) is 0.794. The third kappa shape index (κ3) is 4.92. The van der Waals surface area contributed by atoms with E-state index in [0.717, 1.165) is 23.5 Å². The van der Waals surface area contributed by atoms with Gasteiger partial charge in [-0.1, -0.05) is 5.92 Å². The van der Waals surface area contributed by atoms with Crippen molar-refractivity contribution in [2.24, 2.45) is 0 Å². The number of terminal acetylenes is 1. The lowest BCUT2D eigenvalue weighted by Crippen LogP contribution is -2.41. The number of hydrogen-bond donors (Lipinski definition) is 1. The minimum absolute atomic E-state index is 0.0144. The van der Waals surface area contributed by atoms with Gasteiger partial charge in [-0.25, -0.2) is 22.2 Å². The number of thiazole rings is 1. The molecule has 1 unspecified atom stereocenters. The molecule has 0 bridgehead atoms. The van der Waals surface area contributed by atoms with Crippen molar-refractivity contribution >= 4 is 32.2 Å². The van der Waals surface area contributed by atoms with Gasteiger partial charge in [-0.15, -0.1) is 17.8 Å². The van der Waals surface area contributed by atoms with E-state index in [9.17, 15) is 22.0 Å². The van der Waals surface area contributed by atoms with E-state index in [1.54, 1.807) is 10.3 Å². The zero-order valence-electron chi connectivity index (χ0n) is 14.7. The molecule has 3 rings (SSSR count). The third-order valence-corrected chi connectivity index (χ3v) is 6.84. The van der Waals surface area contributed by atoms with Crippen molar-refractivity contribution in [3.63, 3.8) is 0 Å². The Bertz CT molecular complexity index is 1030. The lowest BCUT2D eigenvalue weighted by molar-refractivity contribution is -0.117.